The molecule has 1 aromatic heterocycles. The number of hydrogen-bond acceptors (Lipinski definition) is 5. The summed E-state index contributed by atoms with van der Waals surface area (Å²) >= 11 is 1.35. The number of methoxy groups -OCH3 is 2. The molecule has 0 fully saturated rings. The van der Waals surface area contributed by atoms with Crippen LogP contribution in [0.15, 0.2) is 35.7 Å². The number of carbonyl (C=O) groups is 2. The Morgan fingerprint density at radius 3 is 2.44 bits per heavy atom. The zero-order chi connectivity index (χ0) is 20.0. The van der Waals surface area contributed by atoms with Crippen LogP contribution in [0.25, 0.3) is 0 Å². The third kappa shape index (κ3) is 5.01. The minimum absolute atomic E-state index is 0.0453. The lowest BCUT2D eigenvalue weighted by atomic mass is 10.0. The predicted molar refractivity (Wildman–Crippen MR) is 106 cm³/mol. The molecule has 0 saturated carbocycles. The molecule has 2 aromatic rings. The summed E-state index contributed by atoms with van der Waals surface area (Å²) < 4.78 is 10.8. The van der Waals surface area contributed by atoms with Crippen LogP contribution in [0.1, 0.15) is 29.1 Å². The maximum atomic E-state index is 13.0. The van der Waals surface area contributed by atoms with Crippen LogP contribution in [0, 0.1) is 5.92 Å². The lowest BCUT2D eigenvalue weighted by Crippen LogP contribution is -2.49. The van der Waals surface area contributed by atoms with E-state index in [1.807, 2.05) is 43.5 Å². The van der Waals surface area contributed by atoms with Crippen molar-refractivity contribution in [1.29, 1.82) is 0 Å². The van der Waals surface area contributed by atoms with E-state index in [-0.39, 0.29) is 17.7 Å². The van der Waals surface area contributed by atoms with Gasteiger partial charge in [-0.3, -0.25) is 9.59 Å². The number of hydrogen-bond donors (Lipinski definition) is 1. The van der Waals surface area contributed by atoms with Crippen molar-refractivity contribution >= 4 is 23.2 Å². The molecule has 146 valence electrons. The average Bonchev–Trinajstić information content (AvgIpc) is 3.19. The second-order valence-corrected chi connectivity index (χ2v) is 7.47. The molecular formula is C20H26N2O4S. The zero-order valence-corrected chi connectivity index (χ0v) is 17.1. The van der Waals surface area contributed by atoms with E-state index in [9.17, 15) is 9.59 Å². The summed E-state index contributed by atoms with van der Waals surface area (Å²) in [7, 11) is 4.86. The second-order valence-electron chi connectivity index (χ2n) is 6.52. The summed E-state index contributed by atoms with van der Waals surface area (Å²) in [5.41, 5.74) is 0.833. The van der Waals surface area contributed by atoms with Crippen LogP contribution >= 0.6 is 11.3 Å². The highest BCUT2D eigenvalue weighted by Crippen LogP contribution is 2.31. The van der Waals surface area contributed by atoms with Crippen LogP contribution < -0.4 is 14.8 Å². The van der Waals surface area contributed by atoms with Crippen LogP contribution in [0.4, 0.5) is 0 Å². The van der Waals surface area contributed by atoms with Crippen molar-refractivity contribution in [3.63, 3.8) is 0 Å². The minimum atomic E-state index is -0.610. The molecule has 0 aliphatic rings. The Hall–Kier alpha value is -2.54. The number of carbonyl (C=O) groups excluding carboxylic acids is 2. The fraction of sp³-hybridized carbons (Fsp3) is 0.400. The van der Waals surface area contributed by atoms with Crippen molar-refractivity contribution in [2.24, 2.45) is 5.92 Å². The molecule has 0 spiro atoms. The highest BCUT2D eigenvalue weighted by atomic mass is 32.1. The van der Waals surface area contributed by atoms with E-state index in [4.69, 9.17) is 9.47 Å². The van der Waals surface area contributed by atoms with Crippen LogP contribution in [0.3, 0.4) is 0 Å². The van der Waals surface area contributed by atoms with Gasteiger partial charge in [-0.1, -0.05) is 32.0 Å². The molecule has 0 aliphatic carbocycles. The SMILES string of the molecule is COc1cccc(CN(C)C(=O)[C@H](NC(=O)c2cccs2)C(C)C)c1OC. The third-order valence-electron chi connectivity index (χ3n) is 4.23. The number of nitrogens with zero attached hydrogens (tertiary/aromatic N) is 1. The molecule has 0 saturated heterocycles. The summed E-state index contributed by atoms with van der Waals surface area (Å²) in [6, 6.07) is 8.50. The molecule has 2 amide bonds. The summed E-state index contributed by atoms with van der Waals surface area (Å²) in [6.45, 7) is 4.17. The number of amides is 2. The van der Waals surface area contributed by atoms with E-state index in [2.05, 4.69) is 5.32 Å². The maximum Gasteiger partial charge on any atom is 0.262 e. The first kappa shape index (κ1) is 20.8. The summed E-state index contributed by atoms with van der Waals surface area (Å²) in [5, 5.41) is 4.70. The molecule has 1 heterocycles. The van der Waals surface area contributed by atoms with Gasteiger partial charge in [-0.05, 0) is 23.4 Å². The van der Waals surface area contributed by atoms with Gasteiger partial charge in [0.15, 0.2) is 11.5 Å². The standard InChI is InChI=1S/C20H26N2O4S/c1-13(2)17(21-19(23)16-10-7-11-27-16)20(24)22(3)12-14-8-6-9-15(25-4)18(14)26-5/h6-11,13,17H,12H2,1-5H3,(H,21,23)/t17-/m1/s1. The Balaban J connectivity index is 2.15. The largest absolute Gasteiger partial charge is 0.493 e. The topological polar surface area (TPSA) is 67.9 Å². The van der Waals surface area contributed by atoms with Gasteiger partial charge in [0.05, 0.1) is 19.1 Å². The fourth-order valence-electron chi connectivity index (χ4n) is 2.78. The van der Waals surface area contributed by atoms with Gasteiger partial charge in [-0.15, -0.1) is 11.3 Å². The third-order valence-corrected chi connectivity index (χ3v) is 5.10. The molecule has 0 unspecified atom stereocenters. The zero-order valence-electron chi connectivity index (χ0n) is 16.3. The molecule has 7 heteroatoms. The van der Waals surface area contributed by atoms with Gasteiger partial charge in [0.25, 0.3) is 5.91 Å². The molecule has 6 nitrogen and oxygen atoms in total. The maximum absolute atomic E-state index is 13.0. The normalized spacial score (nSPS) is 11.8. The van der Waals surface area contributed by atoms with Gasteiger partial charge < -0.3 is 19.7 Å². The van der Waals surface area contributed by atoms with E-state index in [0.29, 0.717) is 22.9 Å². The van der Waals surface area contributed by atoms with E-state index < -0.39 is 6.04 Å². The molecular weight excluding hydrogens is 364 g/mol. The van der Waals surface area contributed by atoms with Crippen LogP contribution in [0.5, 0.6) is 11.5 Å². The number of likely N-dealkylation sites (N-methyl/N-ethyl adjacent to an activating group) is 1. The van der Waals surface area contributed by atoms with Gasteiger partial charge in [-0.25, -0.2) is 0 Å². The Labute approximate surface area is 164 Å². The molecule has 1 aromatic carbocycles. The summed E-state index contributed by atoms with van der Waals surface area (Å²) in [6.07, 6.45) is 0. The lowest BCUT2D eigenvalue weighted by Gasteiger charge is -2.27. The predicted octanol–water partition coefficient (Wildman–Crippen LogP) is 3.18. The van der Waals surface area contributed by atoms with Crippen molar-refractivity contribution in [2.75, 3.05) is 21.3 Å². The number of para-hydroxylation sites is 1. The number of thiophene rings is 1. The number of rotatable bonds is 8. The van der Waals surface area contributed by atoms with Gasteiger partial charge in [-0.2, -0.15) is 0 Å². The minimum Gasteiger partial charge on any atom is -0.493 e. The average molecular weight is 391 g/mol. The smallest absolute Gasteiger partial charge is 0.262 e. The molecule has 1 atom stereocenters. The molecule has 0 radical (unpaired) electrons. The first-order valence-corrected chi connectivity index (χ1v) is 9.56. The van der Waals surface area contributed by atoms with Crippen molar-refractivity contribution in [3.05, 3.63) is 46.2 Å². The Morgan fingerprint density at radius 1 is 1.15 bits per heavy atom. The van der Waals surface area contributed by atoms with Crippen molar-refractivity contribution < 1.29 is 19.1 Å². The Bertz CT molecular complexity index is 774. The molecule has 1 N–H and O–H groups in total. The van der Waals surface area contributed by atoms with Crippen LogP contribution in [0.2, 0.25) is 0 Å². The van der Waals surface area contributed by atoms with Gasteiger partial charge in [0, 0.05) is 19.2 Å². The molecule has 0 aliphatic heterocycles. The number of benzene rings is 1. The van der Waals surface area contributed by atoms with E-state index in [0.717, 1.165) is 5.56 Å². The second kappa shape index (κ2) is 9.41. The van der Waals surface area contributed by atoms with Crippen LogP contribution in [-0.4, -0.2) is 44.0 Å². The number of ether oxygens (including phenoxy) is 2. The first-order valence-electron chi connectivity index (χ1n) is 8.68. The number of nitrogens with one attached hydrogen (secondary N) is 1. The highest BCUT2D eigenvalue weighted by Gasteiger charge is 2.28. The van der Waals surface area contributed by atoms with Crippen LogP contribution in [-0.2, 0) is 11.3 Å². The van der Waals surface area contributed by atoms with Crippen molar-refractivity contribution in [3.8, 4) is 11.5 Å². The Kier molecular flexibility index (Phi) is 7.24. The van der Waals surface area contributed by atoms with E-state index in [1.54, 1.807) is 32.2 Å². The summed E-state index contributed by atoms with van der Waals surface area (Å²) in [4.78, 5) is 27.6. The Morgan fingerprint density at radius 2 is 1.89 bits per heavy atom. The van der Waals surface area contributed by atoms with Gasteiger partial charge >= 0.3 is 0 Å². The fourth-order valence-corrected chi connectivity index (χ4v) is 3.41. The summed E-state index contributed by atoms with van der Waals surface area (Å²) in [5.74, 6) is 0.783. The van der Waals surface area contributed by atoms with Crippen molar-refractivity contribution in [2.45, 2.75) is 26.4 Å². The van der Waals surface area contributed by atoms with E-state index >= 15 is 0 Å². The lowest BCUT2D eigenvalue weighted by molar-refractivity contribution is -0.133. The molecule has 27 heavy (non-hydrogen) atoms. The quantitative estimate of drug-likeness (QED) is 0.752. The van der Waals surface area contributed by atoms with Gasteiger partial charge in [0.2, 0.25) is 5.91 Å². The highest BCUT2D eigenvalue weighted by molar-refractivity contribution is 7.12. The molecule has 2 rings (SSSR count). The molecule has 0 bridgehead atoms. The first-order chi connectivity index (χ1) is 12.9. The van der Waals surface area contributed by atoms with E-state index in [1.165, 1.54) is 11.3 Å². The van der Waals surface area contributed by atoms with Crippen molar-refractivity contribution in [1.82, 2.24) is 10.2 Å². The van der Waals surface area contributed by atoms with Gasteiger partial charge in [0.1, 0.15) is 6.04 Å². The monoisotopic (exact) mass is 390 g/mol.